The highest BCUT2D eigenvalue weighted by atomic mass is 16.3. The molecule has 0 spiro atoms. The van der Waals surface area contributed by atoms with Crippen LogP contribution in [0.1, 0.15) is 44.6 Å². The zero-order chi connectivity index (χ0) is 19.8. The molecule has 1 aliphatic heterocycles. The van der Waals surface area contributed by atoms with Gasteiger partial charge in [-0.15, -0.1) is 0 Å². The van der Waals surface area contributed by atoms with Crippen molar-refractivity contribution in [3.8, 4) is 0 Å². The number of unbranched alkanes of at least 4 members (excludes halogenated alkanes) is 3. The van der Waals surface area contributed by atoms with Crippen LogP contribution in [0.5, 0.6) is 0 Å². The molecule has 29 heavy (non-hydrogen) atoms. The van der Waals surface area contributed by atoms with Crippen molar-refractivity contribution in [2.24, 2.45) is 11.0 Å². The first-order chi connectivity index (χ1) is 14.2. The van der Waals surface area contributed by atoms with E-state index in [4.69, 9.17) is 0 Å². The molecule has 0 bridgehead atoms. The summed E-state index contributed by atoms with van der Waals surface area (Å²) in [5.41, 5.74) is 1.13. The fourth-order valence-electron chi connectivity index (χ4n) is 4.72. The van der Waals surface area contributed by atoms with E-state index >= 15 is 0 Å². The summed E-state index contributed by atoms with van der Waals surface area (Å²) >= 11 is 0. The first kappa shape index (κ1) is 18.1. The maximum absolute atomic E-state index is 12.4. The molecule has 0 fully saturated rings. The highest BCUT2D eigenvalue weighted by molar-refractivity contribution is 6.25. The summed E-state index contributed by atoms with van der Waals surface area (Å²) in [6, 6.07) is 19.6. The first-order valence-electron chi connectivity index (χ1n) is 10.8. The van der Waals surface area contributed by atoms with Gasteiger partial charge >= 0.3 is 0 Å². The summed E-state index contributed by atoms with van der Waals surface area (Å²) in [6.45, 7) is 2.91. The van der Waals surface area contributed by atoms with Crippen LogP contribution < -0.4 is 5.11 Å². The van der Waals surface area contributed by atoms with Gasteiger partial charge in [-0.25, -0.2) is 0 Å². The molecule has 4 aromatic carbocycles. The van der Waals surface area contributed by atoms with Crippen molar-refractivity contribution in [2.75, 3.05) is 6.54 Å². The quantitative estimate of drug-likeness (QED) is 0.254. The summed E-state index contributed by atoms with van der Waals surface area (Å²) in [7, 11) is 0. The van der Waals surface area contributed by atoms with Gasteiger partial charge in [0, 0.05) is 11.5 Å². The Bertz CT molecular complexity index is 1240. The van der Waals surface area contributed by atoms with E-state index in [1.165, 1.54) is 51.6 Å². The van der Waals surface area contributed by atoms with E-state index in [0.29, 0.717) is 6.54 Å². The van der Waals surface area contributed by atoms with Crippen LogP contribution in [0.2, 0.25) is 0 Å². The summed E-state index contributed by atoms with van der Waals surface area (Å²) < 4.78 is 1.87. The highest BCUT2D eigenvalue weighted by Gasteiger charge is 2.25. The molecule has 0 N–H and O–H groups in total. The van der Waals surface area contributed by atoms with E-state index in [1.54, 1.807) is 0 Å². The Morgan fingerprint density at radius 3 is 2.55 bits per heavy atom. The van der Waals surface area contributed by atoms with Gasteiger partial charge in [0.05, 0.1) is 5.92 Å². The monoisotopic (exact) mass is 382 g/mol. The topological polar surface area (TPSA) is 38.4 Å². The van der Waals surface area contributed by atoms with Gasteiger partial charge in [0.15, 0.2) is 6.54 Å². The summed E-state index contributed by atoms with van der Waals surface area (Å²) in [4.78, 5) is 0. The SMILES string of the molecule is CCCCCC[C@H]1C/[N+](=C/c2cc3cccc4ccc5cccc2c5c43)N=C1[O-]. The zero-order valence-corrected chi connectivity index (χ0v) is 16.9. The Kier molecular flexibility index (Phi) is 4.67. The molecule has 0 unspecified atom stereocenters. The maximum Gasteiger partial charge on any atom is 0.204 e. The molecule has 1 heterocycles. The average Bonchev–Trinajstić information content (AvgIpc) is 3.09. The molecule has 3 heteroatoms. The highest BCUT2D eigenvalue weighted by Crippen LogP contribution is 2.36. The largest absolute Gasteiger partial charge is 0.857 e. The van der Waals surface area contributed by atoms with Crippen molar-refractivity contribution in [3.05, 3.63) is 60.2 Å². The van der Waals surface area contributed by atoms with E-state index in [1.807, 2.05) is 4.68 Å². The molecule has 0 aliphatic carbocycles. The van der Waals surface area contributed by atoms with E-state index in [-0.39, 0.29) is 11.8 Å². The van der Waals surface area contributed by atoms with Crippen molar-refractivity contribution in [2.45, 2.75) is 39.0 Å². The van der Waals surface area contributed by atoms with Crippen molar-refractivity contribution in [1.29, 1.82) is 0 Å². The Morgan fingerprint density at radius 1 is 0.966 bits per heavy atom. The minimum absolute atomic E-state index is 0.0369. The standard InChI is InChI=1S/C26H26N2O/c1-2-3-4-5-8-21-16-28(27-26(21)29)17-22-15-20-11-6-9-18-13-14-19-10-7-12-23(22)25(19)24(18)20/h6-7,9-15,17,21H,2-5,8,16H2,1H3/b28-17-/t21-/m0/s1. The van der Waals surface area contributed by atoms with Gasteiger partial charge in [-0.3, -0.25) is 0 Å². The fourth-order valence-corrected chi connectivity index (χ4v) is 4.72. The molecule has 1 atom stereocenters. The minimum Gasteiger partial charge on any atom is -0.857 e. The molecule has 1 aliphatic rings. The van der Waals surface area contributed by atoms with Crippen LogP contribution in [0.25, 0.3) is 32.3 Å². The third kappa shape index (κ3) is 3.25. The minimum atomic E-state index is 0.0369. The number of hydrogen-bond acceptors (Lipinski definition) is 2. The van der Waals surface area contributed by atoms with Crippen LogP contribution in [0, 0.1) is 5.92 Å². The zero-order valence-electron chi connectivity index (χ0n) is 16.9. The van der Waals surface area contributed by atoms with Gasteiger partial charge in [0.2, 0.25) is 6.21 Å². The lowest BCUT2D eigenvalue weighted by atomic mass is 9.91. The third-order valence-electron chi connectivity index (χ3n) is 6.22. The van der Waals surface area contributed by atoms with Crippen LogP contribution >= 0.6 is 0 Å². The number of nitrogens with zero attached hydrogens (tertiary/aromatic N) is 2. The molecular formula is C26H26N2O. The summed E-state index contributed by atoms with van der Waals surface area (Å²) in [6.07, 6.45) is 7.80. The van der Waals surface area contributed by atoms with Crippen LogP contribution in [-0.2, 0) is 0 Å². The average molecular weight is 383 g/mol. The van der Waals surface area contributed by atoms with E-state index in [0.717, 1.165) is 18.4 Å². The summed E-state index contributed by atoms with van der Waals surface area (Å²) in [5, 5.41) is 24.3. The predicted octanol–water partition coefficient (Wildman–Crippen LogP) is 5.29. The van der Waals surface area contributed by atoms with Crippen LogP contribution in [0.3, 0.4) is 0 Å². The van der Waals surface area contributed by atoms with E-state index in [2.05, 4.69) is 72.8 Å². The first-order valence-corrected chi connectivity index (χ1v) is 10.8. The van der Waals surface area contributed by atoms with Crippen molar-refractivity contribution < 1.29 is 9.79 Å². The molecule has 4 aromatic rings. The Balaban J connectivity index is 1.54. The lowest BCUT2D eigenvalue weighted by molar-refractivity contribution is -0.523. The van der Waals surface area contributed by atoms with Crippen LogP contribution in [-0.4, -0.2) is 23.3 Å². The molecule has 5 rings (SSSR count). The van der Waals surface area contributed by atoms with E-state index in [9.17, 15) is 5.11 Å². The van der Waals surface area contributed by atoms with Gasteiger partial charge in [-0.2, -0.15) is 0 Å². The van der Waals surface area contributed by atoms with E-state index < -0.39 is 0 Å². The third-order valence-corrected chi connectivity index (χ3v) is 6.22. The number of benzene rings is 4. The second kappa shape index (κ2) is 7.47. The molecule has 0 amide bonds. The number of rotatable bonds is 6. The predicted molar refractivity (Wildman–Crippen MR) is 120 cm³/mol. The van der Waals surface area contributed by atoms with Gasteiger partial charge in [0.25, 0.3) is 0 Å². The molecular weight excluding hydrogens is 356 g/mol. The number of hydrogen-bond donors (Lipinski definition) is 0. The van der Waals surface area contributed by atoms with Gasteiger partial charge in [-0.05, 0) is 49.9 Å². The fraction of sp³-hybridized carbons (Fsp3) is 0.308. The lowest BCUT2D eigenvalue weighted by Crippen LogP contribution is -2.26. The Hall–Kier alpha value is -2.94. The molecule has 0 saturated carbocycles. The Morgan fingerprint density at radius 2 is 1.72 bits per heavy atom. The van der Waals surface area contributed by atoms with Crippen molar-refractivity contribution in [1.82, 2.24) is 0 Å². The molecule has 0 saturated heterocycles. The number of hydrazone groups is 1. The molecule has 0 aromatic heterocycles. The van der Waals surface area contributed by atoms with Crippen molar-refractivity contribution in [3.63, 3.8) is 0 Å². The van der Waals surface area contributed by atoms with Gasteiger partial charge < -0.3 is 5.11 Å². The van der Waals surface area contributed by atoms with Gasteiger partial charge in [0.1, 0.15) is 0 Å². The smallest absolute Gasteiger partial charge is 0.204 e. The normalized spacial score (nSPS) is 18.4. The molecule has 146 valence electrons. The molecule has 3 nitrogen and oxygen atoms in total. The lowest BCUT2D eigenvalue weighted by Gasteiger charge is -2.12. The Labute approximate surface area is 171 Å². The van der Waals surface area contributed by atoms with Crippen LogP contribution in [0.4, 0.5) is 0 Å². The van der Waals surface area contributed by atoms with Crippen LogP contribution in [0.15, 0.2) is 59.7 Å². The molecule has 0 radical (unpaired) electrons. The summed E-state index contributed by atoms with van der Waals surface area (Å²) in [5.74, 6) is 0.0775. The van der Waals surface area contributed by atoms with Crippen molar-refractivity contribution >= 4 is 44.4 Å². The van der Waals surface area contributed by atoms with Gasteiger partial charge in [-0.1, -0.05) is 85.8 Å². The maximum atomic E-state index is 12.4. The second-order valence-electron chi connectivity index (χ2n) is 8.25. The second-order valence-corrected chi connectivity index (χ2v) is 8.25.